The zero-order valence-electron chi connectivity index (χ0n) is 22.1. The van der Waals surface area contributed by atoms with Gasteiger partial charge in [-0.3, -0.25) is 4.79 Å². The lowest BCUT2D eigenvalue weighted by Crippen LogP contribution is -2.62. The molecule has 186 valence electrons. The number of hydrogen-bond donors (Lipinski definition) is 2. The molecule has 4 aliphatic rings. The molecule has 3 saturated carbocycles. The summed E-state index contributed by atoms with van der Waals surface area (Å²) in [4.78, 5) is 12.8. The average Bonchev–Trinajstić information content (AvgIpc) is 2.80. The predicted molar refractivity (Wildman–Crippen MR) is 134 cm³/mol. The minimum Gasteiger partial charge on any atom is -0.504 e. The van der Waals surface area contributed by atoms with E-state index in [0.29, 0.717) is 5.92 Å². The molecule has 0 amide bonds. The van der Waals surface area contributed by atoms with Crippen LogP contribution >= 0.6 is 0 Å². The van der Waals surface area contributed by atoms with E-state index < -0.39 is 5.41 Å². The van der Waals surface area contributed by atoms with Crippen LogP contribution in [-0.2, 0) is 21.4 Å². The Hall–Kier alpha value is -1.97. The number of fused-ring (bicyclic) bond motifs is 7. The van der Waals surface area contributed by atoms with Gasteiger partial charge in [0.05, 0.1) is 12.5 Å². The van der Waals surface area contributed by atoms with Crippen molar-refractivity contribution in [1.29, 1.82) is 0 Å². The van der Waals surface area contributed by atoms with Crippen LogP contribution in [0, 0.1) is 34.5 Å². The van der Waals surface area contributed by atoms with Crippen molar-refractivity contribution in [1.82, 2.24) is 0 Å². The minimum atomic E-state index is -0.408. The smallest absolute Gasteiger partial charge is 0.311 e. The third-order valence-corrected chi connectivity index (χ3v) is 11.7. The summed E-state index contributed by atoms with van der Waals surface area (Å²) in [5, 5.41) is 20.9. The molecule has 3 fully saturated rings. The average molecular weight is 467 g/mol. The number of aromatic hydroxyl groups is 2. The van der Waals surface area contributed by atoms with E-state index in [1.807, 2.05) is 13.0 Å². The Morgan fingerprint density at radius 2 is 1.68 bits per heavy atom. The molecule has 0 spiro atoms. The molecule has 0 aliphatic heterocycles. The lowest BCUT2D eigenvalue weighted by Gasteiger charge is -2.70. The van der Waals surface area contributed by atoms with Crippen molar-refractivity contribution in [3.8, 4) is 11.5 Å². The number of phenols is 2. The van der Waals surface area contributed by atoms with Crippen LogP contribution < -0.4 is 0 Å². The van der Waals surface area contributed by atoms with E-state index in [1.54, 1.807) is 0 Å². The molecule has 0 bridgehead atoms. The van der Waals surface area contributed by atoms with Gasteiger partial charge in [-0.25, -0.2) is 0 Å². The standard InChI is InChI=1S/C30H42O4/c1-18-19-8-9-22-28(4,20(19)16-21(31)24(18)32)13-15-30(6)23-17-27(3,25(33)34-7)11-10-26(23,2)12-14-29(22,30)5/h9,16,23,31-32H,8,10-15,17H2,1-7H3/t23?,26-,27-,28+,29-,30+/m1/s1. The first-order valence-electron chi connectivity index (χ1n) is 13.1. The van der Waals surface area contributed by atoms with E-state index >= 15 is 0 Å². The molecule has 4 heteroatoms. The molecule has 0 aromatic heterocycles. The molecule has 1 aromatic carbocycles. The number of esters is 1. The van der Waals surface area contributed by atoms with Crippen LogP contribution in [0.5, 0.6) is 11.5 Å². The normalized spacial score (nSPS) is 43.0. The van der Waals surface area contributed by atoms with Crippen LogP contribution in [0.2, 0.25) is 0 Å². The highest BCUT2D eigenvalue weighted by Crippen LogP contribution is 2.74. The first-order chi connectivity index (χ1) is 15.8. The molecule has 4 nitrogen and oxygen atoms in total. The largest absolute Gasteiger partial charge is 0.504 e. The van der Waals surface area contributed by atoms with E-state index in [0.717, 1.165) is 50.5 Å². The zero-order valence-corrected chi connectivity index (χ0v) is 22.1. The van der Waals surface area contributed by atoms with Gasteiger partial charge in [0.2, 0.25) is 0 Å². The van der Waals surface area contributed by atoms with Crippen molar-refractivity contribution in [2.45, 2.75) is 98.3 Å². The molecule has 0 radical (unpaired) electrons. The summed E-state index contributed by atoms with van der Waals surface area (Å²) < 4.78 is 5.28. The third kappa shape index (κ3) is 2.74. The predicted octanol–water partition coefficient (Wildman–Crippen LogP) is 6.73. The Kier molecular flexibility index (Phi) is 4.92. The van der Waals surface area contributed by atoms with Gasteiger partial charge in [-0.05, 0) is 110 Å². The highest BCUT2D eigenvalue weighted by atomic mass is 16.5. The van der Waals surface area contributed by atoms with Gasteiger partial charge in [0.15, 0.2) is 11.5 Å². The van der Waals surface area contributed by atoms with Gasteiger partial charge in [0, 0.05) is 5.41 Å². The van der Waals surface area contributed by atoms with Crippen LogP contribution in [0.3, 0.4) is 0 Å². The molecule has 34 heavy (non-hydrogen) atoms. The highest BCUT2D eigenvalue weighted by molar-refractivity contribution is 5.76. The summed E-state index contributed by atoms with van der Waals surface area (Å²) in [6.45, 7) is 13.9. The van der Waals surface area contributed by atoms with Crippen molar-refractivity contribution in [2.24, 2.45) is 27.6 Å². The summed E-state index contributed by atoms with van der Waals surface area (Å²) in [7, 11) is 1.53. The Morgan fingerprint density at radius 3 is 2.35 bits per heavy atom. The van der Waals surface area contributed by atoms with Crippen molar-refractivity contribution in [2.75, 3.05) is 7.11 Å². The van der Waals surface area contributed by atoms with E-state index in [9.17, 15) is 15.0 Å². The molecule has 2 N–H and O–H groups in total. The van der Waals surface area contributed by atoms with Crippen LogP contribution in [-0.4, -0.2) is 23.3 Å². The van der Waals surface area contributed by atoms with Gasteiger partial charge >= 0.3 is 5.97 Å². The molecule has 5 rings (SSSR count). The van der Waals surface area contributed by atoms with Gasteiger partial charge < -0.3 is 14.9 Å². The first kappa shape index (κ1) is 23.8. The molecule has 6 atom stereocenters. The molecule has 4 aliphatic carbocycles. The summed E-state index contributed by atoms with van der Waals surface area (Å²) in [5.41, 5.74) is 4.50. The molecule has 1 aromatic rings. The van der Waals surface area contributed by atoms with E-state index in [4.69, 9.17) is 4.74 Å². The number of rotatable bonds is 1. The fraction of sp³-hybridized carbons (Fsp3) is 0.700. The fourth-order valence-electron chi connectivity index (χ4n) is 9.13. The molecule has 0 saturated heterocycles. The third-order valence-electron chi connectivity index (χ3n) is 11.7. The fourth-order valence-corrected chi connectivity index (χ4v) is 9.13. The van der Waals surface area contributed by atoms with Gasteiger partial charge in [0.1, 0.15) is 0 Å². The molecular weight excluding hydrogens is 424 g/mol. The van der Waals surface area contributed by atoms with Crippen LogP contribution in [0.25, 0.3) is 0 Å². The van der Waals surface area contributed by atoms with Gasteiger partial charge in [0.25, 0.3) is 0 Å². The number of hydrogen-bond acceptors (Lipinski definition) is 4. The minimum absolute atomic E-state index is 0.00504. The molecule has 0 heterocycles. The highest BCUT2D eigenvalue weighted by Gasteiger charge is 2.67. The molecular formula is C30H42O4. The topological polar surface area (TPSA) is 66.8 Å². The number of benzene rings is 1. The van der Waals surface area contributed by atoms with Crippen molar-refractivity contribution >= 4 is 5.97 Å². The van der Waals surface area contributed by atoms with Gasteiger partial charge in [-0.2, -0.15) is 0 Å². The molecule has 1 unspecified atom stereocenters. The first-order valence-corrected chi connectivity index (χ1v) is 13.1. The van der Waals surface area contributed by atoms with Crippen molar-refractivity contribution in [3.63, 3.8) is 0 Å². The lowest BCUT2D eigenvalue weighted by atomic mass is 9.34. The summed E-state index contributed by atoms with van der Waals surface area (Å²) in [6.07, 6.45) is 10.6. The van der Waals surface area contributed by atoms with Crippen molar-refractivity contribution < 1.29 is 19.7 Å². The summed E-state index contributed by atoms with van der Waals surface area (Å²) in [5.74, 6) is 0.416. The maximum atomic E-state index is 12.8. The number of allylic oxidation sites excluding steroid dienone is 2. The van der Waals surface area contributed by atoms with Crippen LogP contribution in [0.1, 0.15) is 96.3 Å². The van der Waals surface area contributed by atoms with E-state index in [-0.39, 0.29) is 39.1 Å². The summed E-state index contributed by atoms with van der Waals surface area (Å²) in [6, 6.07) is 1.83. The second-order valence-electron chi connectivity index (χ2n) is 13.3. The monoisotopic (exact) mass is 466 g/mol. The second-order valence-corrected chi connectivity index (χ2v) is 13.3. The Morgan fingerprint density at radius 1 is 1.00 bits per heavy atom. The van der Waals surface area contributed by atoms with Crippen LogP contribution in [0.15, 0.2) is 17.7 Å². The number of carbonyl (C=O) groups is 1. The van der Waals surface area contributed by atoms with Crippen LogP contribution in [0.4, 0.5) is 0 Å². The number of ether oxygens (including phenoxy) is 1. The SMILES string of the molecule is COC(=O)[C@]1(C)CC[C@]2(C)CC[C@]3(C)C4=CCc5c(cc(O)c(O)c5C)[C@]4(C)CC[C@@]3(C)C2C1. The van der Waals surface area contributed by atoms with Gasteiger partial charge in [-0.15, -0.1) is 0 Å². The Bertz CT molecular complexity index is 1100. The van der Waals surface area contributed by atoms with E-state index in [1.165, 1.54) is 30.2 Å². The number of methoxy groups -OCH3 is 1. The maximum absolute atomic E-state index is 12.8. The number of carbonyl (C=O) groups excluding carboxylic acids is 1. The van der Waals surface area contributed by atoms with Crippen molar-refractivity contribution in [3.05, 3.63) is 34.4 Å². The van der Waals surface area contributed by atoms with E-state index in [2.05, 4.69) is 40.7 Å². The summed E-state index contributed by atoms with van der Waals surface area (Å²) >= 11 is 0. The second kappa shape index (κ2) is 7.04. The van der Waals surface area contributed by atoms with Gasteiger partial charge in [-0.1, -0.05) is 39.3 Å². The lowest BCUT2D eigenvalue weighted by molar-refractivity contribution is -0.179. The Balaban J connectivity index is 1.61. The Labute approximate surface area is 204 Å². The number of phenolic OH excluding ortho intramolecular Hbond substituents is 2. The maximum Gasteiger partial charge on any atom is 0.311 e. The quantitative estimate of drug-likeness (QED) is 0.273. The zero-order chi connectivity index (χ0) is 24.9.